The lowest BCUT2D eigenvalue weighted by Crippen LogP contribution is -2.50. The molecule has 1 aliphatic heterocycles. The number of anilines is 1. The maximum absolute atomic E-state index is 13.6. The number of ether oxygens (including phenoxy) is 1. The average Bonchev–Trinajstić information content (AvgIpc) is 3.43. The van der Waals surface area contributed by atoms with E-state index in [0.717, 1.165) is 0 Å². The number of aromatic nitrogens is 4. The number of likely N-dealkylation sites (N-methyl/N-ethyl adjacent to an activating group) is 1. The Balaban J connectivity index is 1.62. The van der Waals surface area contributed by atoms with Crippen LogP contribution in [0.15, 0.2) is 53.7 Å². The predicted octanol–water partition coefficient (Wildman–Crippen LogP) is 1.51. The Labute approximate surface area is 236 Å². The van der Waals surface area contributed by atoms with Crippen LogP contribution in [-0.2, 0) is 21.4 Å². The first-order chi connectivity index (χ1) is 19.0. The van der Waals surface area contributed by atoms with E-state index in [-0.39, 0.29) is 54.3 Å². The summed E-state index contributed by atoms with van der Waals surface area (Å²) in [5.41, 5.74) is 0.513. The molecule has 3 atom stereocenters. The Morgan fingerprint density at radius 2 is 2.00 bits per heavy atom. The van der Waals surface area contributed by atoms with E-state index in [1.165, 1.54) is 57.6 Å². The molecule has 2 heterocycles. The van der Waals surface area contributed by atoms with Gasteiger partial charge in [0.2, 0.25) is 15.9 Å². The molecule has 15 heteroatoms. The zero-order chi connectivity index (χ0) is 29.0. The van der Waals surface area contributed by atoms with Crippen molar-refractivity contribution in [2.45, 2.75) is 37.4 Å². The highest BCUT2D eigenvalue weighted by Crippen LogP contribution is 2.31. The average molecular weight is 592 g/mol. The Hall–Kier alpha value is -3.59. The van der Waals surface area contributed by atoms with Gasteiger partial charge in [-0.1, -0.05) is 18.5 Å². The maximum Gasteiger partial charge on any atom is 0.258 e. The smallest absolute Gasteiger partial charge is 0.258 e. The number of hydrogen-bond acceptors (Lipinski definition) is 9. The third-order valence-electron chi connectivity index (χ3n) is 6.60. The summed E-state index contributed by atoms with van der Waals surface area (Å²) in [6.45, 7) is 3.37. The number of amides is 2. The number of aliphatic hydroxyl groups excluding tert-OH is 1. The molecule has 0 fully saturated rings. The molecule has 4 rings (SSSR count). The molecule has 2 amide bonds. The van der Waals surface area contributed by atoms with Crippen molar-refractivity contribution in [2.24, 2.45) is 5.92 Å². The molecule has 1 aliphatic rings. The van der Waals surface area contributed by atoms with Gasteiger partial charge >= 0.3 is 0 Å². The molecule has 0 aliphatic carbocycles. The summed E-state index contributed by atoms with van der Waals surface area (Å²) in [7, 11) is -2.39. The number of carbonyl (C=O) groups excluding carboxylic acids is 2. The van der Waals surface area contributed by atoms with Gasteiger partial charge in [0.1, 0.15) is 24.7 Å². The van der Waals surface area contributed by atoms with E-state index in [2.05, 4.69) is 20.8 Å². The zero-order valence-corrected chi connectivity index (χ0v) is 23.7. The summed E-state index contributed by atoms with van der Waals surface area (Å²) >= 11 is 5.92. The Morgan fingerprint density at radius 1 is 1.27 bits per heavy atom. The summed E-state index contributed by atoms with van der Waals surface area (Å²) in [6.07, 6.45) is 0.657. The molecule has 3 aromatic rings. The molecule has 13 nitrogen and oxygen atoms in total. The van der Waals surface area contributed by atoms with Gasteiger partial charge in [-0.05, 0) is 59.8 Å². The fraction of sp³-hybridized carbons (Fsp3) is 0.400. The summed E-state index contributed by atoms with van der Waals surface area (Å²) in [5, 5.41) is 23.6. The minimum absolute atomic E-state index is 0.00840. The molecule has 1 aromatic heterocycles. The number of nitrogens with one attached hydrogen (secondary N) is 1. The van der Waals surface area contributed by atoms with Gasteiger partial charge in [0, 0.05) is 30.2 Å². The van der Waals surface area contributed by atoms with Crippen LogP contribution >= 0.6 is 11.6 Å². The van der Waals surface area contributed by atoms with Gasteiger partial charge in [-0.2, -0.15) is 4.31 Å². The molecule has 2 N–H and O–H groups in total. The molecule has 0 saturated carbocycles. The number of carbonyl (C=O) groups is 2. The Morgan fingerprint density at radius 3 is 2.65 bits per heavy atom. The van der Waals surface area contributed by atoms with Crippen molar-refractivity contribution in [3.8, 4) is 5.75 Å². The number of benzene rings is 2. The fourth-order valence-corrected chi connectivity index (χ4v) is 5.57. The minimum atomic E-state index is -3.85. The van der Waals surface area contributed by atoms with E-state index in [1.54, 1.807) is 19.1 Å². The SMILES string of the molecule is C[C@@H]1CN([C@@H](C)CO)C(=O)c2cc(NC(=O)Cn3cnnn3)ccc2O[C@@H]1CN(C)S(=O)(=O)c1ccc(Cl)cc1. The van der Waals surface area contributed by atoms with Crippen LogP contribution in [0.2, 0.25) is 5.02 Å². The molecular weight excluding hydrogens is 562 g/mol. The second-order valence-corrected chi connectivity index (χ2v) is 12.1. The van der Waals surface area contributed by atoms with Gasteiger partial charge in [0.05, 0.1) is 29.7 Å². The van der Waals surface area contributed by atoms with Crippen LogP contribution < -0.4 is 10.1 Å². The monoisotopic (exact) mass is 591 g/mol. The Bertz CT molecular complexity index is 1450. The van der Waals surface area contributed by atoms with Crippen LogP contribution in [0, 0.1) is 5.92 Å². The van der Waals surface area contributed by atoms with Crippen molar-refractivity contribution in [3.05, 3.63) is 59.4 Å². The molecule has 0 saturated heterocycles. The van der Waals surface area contributed by atoms with Crippen LogP contribution in [-0.4, -0.2) is 93.6 Å². The van der Waals surface area contributed by atoms with E-state index in [9.17, 15) is 23.1 Å². The molecule has 2 aromatic carbocycles. The second-order valence-electron chi connectivity index (χ2n) is 9.63. The standard InChI is InChI=1S/C25H30ClN7O6S/c1-16-11-33(17(2)14-34)25(36)21-10-19(28-24(35)13-32-15-27-29-30-32)6-9-22(21)39-23(16)12-31(3)40(37,38)20-7-4-18(26)5-8-20/h4-10,15-17,23,34H,11-14H2,1-3H3,(H,28,35)/t16-,17+,23-/m1/s1. The lowest BCUT2D eigenvalue weighted by Gasteiger charge is -2.38. The molecule has 0 spiro atoms. The number of rotatable bonds is 9. The first-order valence-electron chi connectivity index (χ1n) is 12.4. The molecule has 214 valence electrons. The number of halogens is 1. The molecule has 0 bridgehead atoms. The van der Waals surface area contributed by atoms with Crippen molar-refractivity contribution in [1.29, 1.82) is 0 Å². The van der Waals surface area contributed by atoms with E-state index < -0.39 is 28.1 Å². The number of hydrogen-bond donors (Lipinski definition) is 2. The molecule has 0 radical (unpaired) electrons. The van der Waals surface area contributed by atoms with Crippen molar-refractivity contribution in [2.75, 3.05) is 32.1 Å². The summed E-state index contributed by atoms with van der Waals surface area (Å²) in [5.74, 6) is -0.870. The summed E-state index contributed by atoms with van der Waals surface area (Å²) < 4.78 is 35.2. The van der Waals surface area contributed by atoms with Crippen molar-refractivity contribution in [3.63, 3.8) is 0 Å². The largest absolute Gasteiger partial charge is 0.488 e. The highest BCUT2D eigenvalue weighted by Gasteiger charge is 2.35. The van der Waals surface area contributed by atoms with E-state index >= 15 is 0 Å². The van der Waals surface area contributed by atoms with Gasteiger partial charge in [-0.15, -0.1) is 5.10 Å². The normalized spacial score (nSPS) is 18.4. The van der Waals surface area contributed by atoms with Crippen molar-refractivity contribution >= 4 is 39.1 Å². The lowest BCUT2D eigenvalue weighted by atomic mass is 9.99. The van der Waals surface area contributed by atoms with Gasteiger partial charge in [-0.3, -0.25) is 9.59 Å². The predicted molar refractivity (Wildman–Crippen MR) is 145 cm³/mol. The van der Waals surface area contributed by atoms with Gasteiger partial charge in [0.15, 0.2) is 0 Å². The number of sulfonamides is 1. The van der Waals surface area contributed by atoms with Crippen LogP contribution in [0.3, 0.4) is 0 Å². The van der Waals surface area contributed by atoms with Gasteiger partial charge in [-0.25, -0.2) is 13.1 Å². The third kappa shape index (κ3) is 6.58. The maximum atomic E-state index is 13.6. The van der Waals surface area contributed by atoms with Crippen molar-refractivity contribution in [1.82, 2.24) is 29.4 Å². The molecule has 40 heavy (non-hydrogen) atoms. The van der Waals surface area contributed by atoms with E-state index in [1.807, 2.05) is 6.92 Å². The number of tetrazole rings is 1. The third-order valence-corrected chi connectivity index (χ3v) is 8.69. The minimum Gasteiger partial charge on any atom is -0.488 e. The zero-order valence-electron chi connectivity index (χ0n) is 22.1. The highest BCUT2D eigenvalue weighted by molar-refractivity contribution is 7.89. The van der Waals surface area contributed by atoms with Gasteiger partial charge in [0.25, 0.3) is 5.91 Å². The Kier molecular flexibility index (Phi) is 9.03. The second kappa shape index (κ2) is 12.3. The number of aliphatic hydroxyl groups is 1. The topological polar surface area (TPSA) is 160 Å². The van der Waals surface area contributed by atoms with Crippen LogP contribution in [0.25, 0.3) is 0 Å². The van der Waals surface area contributed by atoms with Crippen LogP contribution in [0.1, 0.15) is 24.2 Å². The molecule has 0 unspecified atom stereocenters. The first-order valence-corrected chi connectivity index (χ1v) is 14.3. The quantitative estimate of drug-likeness (QED) is 0.376. The van der Waals surface area contributed by atoms with E-state index in [0.29, 0.717) is 10.7 Å². The number of nitrogens with zero attached hydrogens (tertiary/aromatic N) is 6. The molecular formula is C25H30ClN7O6S. The van der Waals surface area contributed by atoms with E-state index in [4.69, 9.17) is 16.3 Å². The summed E-state index contributed by atoms with van der Waals surface area (Å²) in [6, 6.07) is 10.00. The van der Waals surface area contributed by atoms with Crippen LogP contribution in [0.4, 0.5) is 5.69 Å². The first kappa shape index (κ1) is 29.4. The summed E-state index contributed by atoms with van der Waals surface area (Å²) in [4.78, 5) is 27.7. The lowest BCUT2D eigenvalue weighted by molar-refractivity contribution is -0.116. The van der Waals surface area contributed by atoms with Crippen molar-refractivity contribution < 1.29 is 27.9 Å². The van der Waals surface area contributed by atoms with Crippen LogP contribution in [0.5, 0.6) is 5.75 Å². The fourth-order valence-electron chi connectivity index (χ4n) is 4.26. The highest BCUT2D eigenvalue weighted by atomic mass is 35.5. The van der Waals surface area contributed by atoms with Gasteiger partial charge < -0.3 is 20.1 Å². The number of fused-ring (bicyclic) bond motifs is 1.